The van der Waals surface area contributed by atoms with Gasteiger partial charge in [0.1, 0.15) is 6.54 Å². The minimum absolute atomic E-state index is 0.291. The summed E-state index contributed by atoms with van der Waals surface area (Å²) in [5.74, 6) is -1.26. The Kier molecular flexibility index (Phi) is 3.47. The van der Waals surface area contributed by atoms with Gasteiger partial charge in [-0.15, -0.1) is 0 Å². The molecule has 3 rings (SSSR count). The fourth-order valence-corrected chi connectivity index (χ4v) is 2.45. The van der Waals surface area contributed by atoms with Crippen molar-refractivity contribution >= 4 is 23.4 Å². The largest absolute Gasteiger partial charge is 0.325 e. The second-order valence-corrected chi connectivity index (χ2v) is 5.16. The number of amides is 3. The van der Waals surface area contributed by atoms with Gasteiger partial charge in [0.25, 0.3) is 11.8 Å². The van der Waals surface area contributed by atoms with Gasteiger partial charge in [0, 0.05) is 5.69 Å². The number of benzene rings is 2. The molecule has 5 nitrogen and oxygen atoms in total. The molecule has 1 aliphatic rings. The van der Waals surface area contributed by atoms with E-state index in [9.17, 15) is 14.4 Å². The summed E-state index contributed by atoms with van der Waals surface area (Å²) in [5, 5.41) is 2.69. The number of nitrogens with zero attached hydrogens (tertiary/aromatic N) is 1. The van der Waals surface area contributed by atoms with E-state index < -0.39 is 17.7 Å². The third kappa shape index (κ3) is 2.48. The van der Waals surface area contributed by atoms with Gasteiger partial charge in [-0.2, -0.15) is 0 Å². The predicted octanol–water partition coefficient (Wildman–Crippen LogP) is 2.23. The van der Waals surface area contributed by atoms with E-state index in [1.165, 1.54) is 0 Å². The number of hydrogen-bond donors (Lipinski definition) is 1. The maximum Gasteiger partial charge on any atom is 0.262 e. The van der Waals surface area contributed by atoms with Crippen LogP contribution in [0, 0.1) is 6.92 Å². The average molecular weight is 294 g/mol. The van der Waals surface area contributed by atoms with E-state index in [-0.39, 0.29) is 6.54 Å². The van der Waals surface area contributed by atoms with Crippen molar-refractivity contribution in [3.63, 3.8) is 0 Å². The molecule has 0 bridgehead atoms. The summed E-state index contributed by atoms with van der Waals surface area (Å²) in [6, 6.07) is 13.9. The van der Waals surface area contributed by atoms with Gasteiger partial charge in [0.15, 0.2) is 0 Å². The molecular weight excluding hydrogens is 280 g/mol. The number of fused-ring (bicyclic) bond motifs is 1. The van der Waals surface area contributed by atoms with Crippen molar-refractivity contribution in [1.82, 2.24) is 4.90 Å². The molecule has 0 aromatic heterocycles. The van der Waals surface area contributed by atoms with Crippen molar-refractivity contribution in [2.24, 2.45) is 0 Å². The van der Waals surface area contributed by atoms with E-state index in [1.54, 1.807) is 30.3 Å². The SMILES string of the molecule is Cc1cccc(NC(=O)CN2C(=O)c3ccccc3C2=O)c1. The third-order valence-electron chi connectivity index (χ3n) is 3.48. The highest BCUT2D eigenvalue weighted by Gasteiger charge is 2.36. The van der Waals surface area contributed by atoms with Gasteiger partial charge in [0.2, 0.25) is 5.91 Å². The Morgan fingerprint density at radius 1 is 1.00 bits per heavy atom. The van der Waals surface area contributed by atoms with Crippen LogP contribution in [0.3, 0.4) is 0 Å². The van der Waals surface area contributed by atoms with Crippen LogP contribution in [0.4, 0.5) is 5.69 Å². The maximum atomic E-state index is 12.2. The minimum Gasteiger partial charge on any atom is -0.325 e. The lowest BCUT2D eigenvalue weighted by Crippen LogP contribution is -2.37. The first kappa shape index (κ1) is 14.0. The van der Waals surface area contributed by atoms with Crippen LogP contribution in [0.25, 0.3) is 0 Å². The second-order valence-electron chi connectivity index (χ2n) is 5.16. The zero-order chi connectivity index (χ0) is 15.7. The van der Waals surface area contributed by atoms with Crippen LogP contribution < -0.4 is 5.32 Å². The number of carbonyl (C=O) groups is 3. The lowest BCUT2D eigenvalue weighted by atomic mass is 10.1. The molecule has 5 heteroatoms. The second kappa shape index (κ2) is 5.44. The molecule has 0 saturated carbocycles. The summed E-state index contributed by atoms with van der Waals surface area (Å²) < 4.78 is 0. The molecule has 0 fully saturated rings. The standard InChI is InChI=1S/C17H14N2O3/c1-11-5-4-6-12(9-11)18-15(20)10-19-16(21)13-7-2-3-8-14(13)17(19)22/h2-9H,10H2,1H3,(H,18,20). The number of aryl methyl sites for hydroxylation is 1. The first-order valence-electron chi connectivity index (χ1n) is 6.88. The molecule has 0 radical (unpaired) electrons. The summed E-state index contributed by atoms with van der Waals surface area (Å²) in [6.07, 6.45) is 0. The van der Waals surface area contributed by atoms with Crippen molar-refractivity contribution in [3.8, 4) is 0 Å². The highest BCUT2D eigenvalue weighted by molar-refractivity contribution is 6.22. The molecule has 0 unspecified atom stereocenters. The molecule has 110 valence electrons. The van der Waals surface area contributed by atoms with Crippen LogP contribution in [0.5, 0.6) is 0 Å². The van der Waals surface area contributed by atoms with E-state index in [2.05, 4.69) is 5.32 Å². The minimum atomic E-state index is -0.431. The smallest absolute Gasteiger partial charge is 0.262 e. The summed E-state index contributed by atoms with van der Waals surface area (Å²) in [6.45, 7) is 1.63. The summed E-state index contributed by atoms with van der Waals surface area (Å²) in [7, 11) is 0. The Hall–Kier alpha value is -2.95. The van der Waals surface area contributed by atoms with E-state index in [4.69, 9.17) is 0 Å². The van der Waals surface area contributed by atoms with Crippen LogP contribution in [0.2, 0.25) is 0 Å². The van der Waals surface area contributed by atoms with Gasteiger partial charge >= 0.3 is 0 Å². The van der Waals surface area contributed by atoms with Gasteiger partial charge in [-0.1, -0.05) is 24.3 Å². The number of rotatable bonds is 3. The molecular formula is C17H14N2O3. The Morgan fingerprint density at radius 2 is 1.64 bits per heavy atom. The van der Waals surface area contributed by atoms with Crippen LogP contribution in [0.1, 0.15) is 26.3 Å². The highest BCUT2D eigenvalue weighted by Crippen LogP contribution is 2.22. The van der Waals surface area contributed by atoms with Crippen molar-refractivity contribution in [2.45, 2.75) is 6.92 Å². The third-order valence-corrected chi connectivity index (χ3v) is 3.48. The number of nitrogens with one attached hydrogen (secondary N) is 1. The number of imide groups is 1. The Bertz CT molecular complexity index is 748. The molecule has 3 amide bonds. The molecule has 22 heavy (non-hydrogen) atoms. The van der Waals surface area contributed by atoms with E-state index >= 15 is 0 Å². The van der Waals surface area contributed by atoms with Crippen molar-refractivity contribution in [1.29, 1.82) is 0 Å². The fraction of sp³-hybridized carbons (Fsp3) is 0.118. The number of hydrogen-bond acceptors (Lipinski definition) is 3. The lowest BCUT2D eigenvalue weighted by molar-refractivity contribution is -0.116. The van der Waals surface area contributed by atoms with Gasteiger partial charge < -0.3 is 5.32 Å². The van der Waals surface area contributed by atoms with Crippen molar-refractivity contribution in [3.05, 3.63) is 65.2 Å². The van der Waals surface area contributed by atoms with Gasteiger partial charge in [0.05, 0.1) is 11.1 Å². The highest BCUT2D eigenvalue weighted by atomic mass is 16.2. The van der Waals surface area contributed by atoms with E-state index in [1.807, 2.05) is 25.1 Å². The molecule has 0 atom stereocenters. The van der Waals surface area contributed by atoms with E-state index in [0.29, 0.717) is 16.8 Å². The monoisotopic (exact) mass is 294 g/mol. The molecule has 2 aromatic carbocycles. The van der Waals surface area contributed by atoms with E-state index in [0.717, 1.165) is 10.5 Å². The Labute approximate surface area is 127 Å². The van der Waals surface area contributed by atoms with Gasteiger partial charge in [-0.25, -0.2) is 0 Å². The summed E-state index contributed by atoms with van der Waals surface area (Å²) >= 11 is 0. The predicted molar refractivity (Wildman–Crippen MR) is 81.6 cm³/mol. The van der Waals surface area contributed by atoms with Gasteiger partial charge in [-0.05, 0) is 36.8 Å². The first-order chi connectivity index (χ1) is 10.6. The molecule has 1 heterocycles. The Morgan fingerprint density at radius 3 is 2.23 bits per heavy atom. The normalized spacial score (nSPS) is 13.2. The molecule has 1 aliphatic heterocycles. The molecule has 1 N–H and O–H groups in total. The fourth-order valence-electron chi connectivity index (χ4n) is 2.45. The molecule has 0 saturated heterocycles. The van der Waals surface area contributed by atoms with Crippen molar-refractivity contribution in [2.75, 3.05) is 11.9 Å². The molecule has 0 spiro atoms. The topological polar surface area (TPSA) is 66.5 Å². The number of carbonyl (C=O) groups excluding carboxylic acids is 3. The van der Waals surface area contributed by atoms with Crippen LogP contribution >= 0.6 is 0 Å². The molecule has 0 aliphatic carbocycles. The zero-order valence-electron chi connectivity index (χ0n) is 12.0. The van der Waals surface area contributed by atoms with Crippen molar-refractivity contribution < 1.29 is 14.4 Å². The Balaban J connectivity index is 1.73. The first-order valence-corrected chi connectivity index (χ1v) is 6.88. The summed E-state index contributed by atoms with van der Waals surface area (Å²) in [4.78, 5) is 37.4. The molecule has 2 aromatic rings. The quantitative estimate of drug-likeness (QED) is 0.883. The summed E-state index contributed by atoms with van der Waals surface area (Å²) in [5.41, 5.74) is 2.34. The lowest BCUT2D eigenvalue weighted by Gasteiger charge is -2.13. The van der Waals surface area contributed by atoms with Crippen LogP contribution in [0.15, 0.2) is 48.5 Å². The van der Waals surface area contributed by atoms with Gasteiger partial charge in [-0.3, -0.25) is 19.3 Å². The number of anilines is 1. The average Bonchev–Trinajstić information content (AvgIpc) is 2.73. The van der Waals surface area contributed by atoms with Crippen LogP contribution in [-0.4, -0.2) is 29.2 Å². The maximum absolute atomic E-state index is 12.2. The van der Waals surface area contributed by atoms with Crippen LogP contribution in [-0.2, 0) is 4.79 Å². The zero-order valence-corrected chi connectivity index (χ0v) is 12.0.